The zero-order chi connectivity index (χ0) is 14.0. The molecule has 1 aromatic rings. The minimum absolute atomic E-state index is 0. The van der Waals surface area contributed by atoms with Gasteiger partial charge in [-0.05, 0) is 55.9 Å². The van der Waals surface area contributed by atoms with E-state index in [1.54, 1.807) is 0 Å². The summed E-state index contributed by atoms with van der Waals surface area (Å²) in [5.74, 6) is 0.223. The smallest absolute Gasteiger partial charge is 0.230 e. The number of carbonyl (C=O) groups is 1. The zero-order valence-corrected chi connectivity index (χ0v) is 13.5. The number of nitrogens with one attached hydrogen (secondary N) is 2. The average Bonchev–Trinajstić information content (AvgIpc) is 2.97. The zero-order valence-electron chi connectivity index (χ0n) is 12.7. The molecule has 0 radical (unpaired) electrons. The van der Waals surface area contributed by atoms with E-state index < -0.39 is 0 Å². The van der Waals surface area contributed by atoms with E-state index in [1.807, 2.05) is 6.07 Å². The Hall–Kier alpha value is -1.22. The van der Waals surface area contributed by atoms with Crippen LogP contribution in [0.4, 0.5) is 11.4 Å². The number of benzene rings is 1. The second kappa shape index (κ2) is 6.69. The van der Waals surface area contributed by atoms with Gasteiger partial charge in [-0.15, -0.1) is 12.4 Å². The van der Waals surface area contributed by atoms with Crippen LogP contribution in [0.3, 0.4) is 0 Å². The Bertz CT molecular complexity index is 510. The highest BCUT2D eigenvalue weighted by Gasteiger charge is 2.39. The molecule has 0 atom stereocenters. The van der Waals surface area contributed by atoms with Crippen molar-refractivity contribution in [2.45, 2.75) is 51.9 Å². The Morgan fingerprint density at radius 2 is 2.05 bits per heavy atom. The maximum Gasteiger partial charge on any atom is 0.230 e. The van der Waals surface area contributed by atoms with Gasteiger partial charge in [-0.1, -0.05) is 19.8 Å². The van der Waals surface area contributed by atoms with Gasteiger partial charge in [0.2, 0.25) is 5.91 Å². The Morgan fingerprint density at radius 3 is 2.76 bits per heavy atom. The molecule has 1 aliphatic heterocycles. The van der Waals surface area contributed by atoms with Crippen molar-refractivity contribution >= 4 is 29.7 Å². The lowest BCUT2D eigenvalue weighted by molar-refractivity contribution is -0.125. The predicted octanol–water partition coefficient (Wildman–Crippen LogP) is 4.38. The summed E-state index contributed by atoms with van der Waals surface area (Å²) in [6, 6.07) is 6.25. The number of hydrogen-bond donors (Lipinski definition) is 2. The van der Waals surface area contributed by atoms with Gasteiger partial charge in [0.25, 0.3) is 0 Å². The lowest BCUT2D eigenvalue weighted by Crippen LogP contribution is -2.33. The summed E-state index contributed by atoms with van der Waals surface area (Å²) >= 11 is 0. The molecule has 2 N–H and O–H groups in total. The van der Waals surface area contributed by atoms with Gasteiger partial charge in [-0.3, -0.25) is 4.79 Å². The van der Waals surface area contributed by atoms with E-state index in [9.17, 15) is 4.79 Å². The molecule has 0 saturated heterocycles. The highest BCUT2D eigenvalue weighted by Crippen LogP contribution is 2.42. The summed E-state index contributed by atoms with van der Waals surface area (Å²) in [7, 11) is 0. The van der Waals surface area contributed by atoms with E-state index in [4.69, 9.17) is 0 Å². The average molecular weight is 309 g/mol. The van der Waals surface area contributed by atoms with E-state index >= 15 is 0 Å². The fourth-order valence-electron chi connectivity index (χ4n) is 3.61. The summed E-state index contributed by atoms with van der Waals surface area (Å²) in [4.78, 5) is 12.6. The van der Waals surface area contributed by atoms with Crippen molar-refractivity contribution in [1.82, 2.24) is 0 Å². The van der Waals surface area contributed by atoms with Crippen LogP contribution in [-0.4, -0.2) is 12.5 Å². The first kappa shape index (κ1) is 16.2. The van der Waals surface area contributed by atoms with Crippen LogP contribution in [0.25, 0.3) is 0 Å². The number of fused-ring (bicyclic) bond motifs is 1. The largest absolute Gasteiger partial charge is 0.385 e. The van der Waals surface area contributed by atoms with Crippen molar-refractivity contribution in [3.8, 4) is 0 Å². The molecule has 0 bridgehead atoms. The highest BCUT2D eigenvalue weighted by atomic mass is 35.5. The second-order valence-electron chi connectivity index (χ2n) is 6.20. The Labute approximate surface area is 133 Å². The van der Waals surface area contributed by atoms with Gasteiger partial charge in [-0.25, -0.2) is 0 Å². The van der Waals surface area contributed by atoms with Crippen LogP contribution in [0, 0.1) is 5.41 Å². The van der Waals surface area contributed by atoms with Gasteiger partial charge < -0.3 is 10.6 Å². The number of aryl methyl sites for hydroxylation is 1. The third-order valence-corrected chi connectivity index (χ3v) is 5.02. The highest BCUT2D eigenvalue weighted by molar-refractivity contribution is 5.95. The number of carbonyl (C=O) groups excluding carboxylic acids is 1. The number of anilines is 2. The molecule has 3 rings (SSSR count). The summed E-state index contributed by atoms with van der Waals surface area (Å²) < 4.78 is 0. The lowest BCUT2D eigenvalue weighted by Gasteiger charge is -2.26. The number of hydrogen-bond acceptors (Lipinski definition) is 2. The molecule has 4 heteroatoms. The quantitative estimate of drug-likeness (QED) is 0.870. The van der Waals surface area contributed by atoms with Gasteiger partial charge >= 0.3 is 0 Å². The Morgan fingerprint density at radius 1 is 1.29 bits per heavy atom. The van der Waals surface area contributed by atoms with Crippen molar-refractivity contribution in [2.75, 3.05) is 17.2 Å². The summed E-state index contributed by atoms with van der Waals surface area (Å²) in [5, 5.41) is 6.56. The minimum atomic E-state index is -0.117. The Balaban J connectivity index is 0.00000161. The van der Waals surface area contributed by atoms with Crippen molar-refractivity contribution in [1.29, 1.82) is 0 Å². The van der Waals surface area contributed by atoms with Crippen LogP contribution in [0.15, 0.2) is 18.2 Å². The van der Waals surface area contributed by atoms with Crippen LogP contribution < -0.4 is 10.6 Å². The molecule has 21 heavy (non-hydrogen) atoms. The molecule has 1 aromatic carbocycles. The molecular formula is C17H25ClN2O. The van der Waals surface area contributed by atoms with Crippen LogP contribution in [0.5, 0.6) is 0 Å². The molecule has 1 aliphatic carbocycles. The number of halogens is 1. The third-order valence-electron chi connectivity index (χ3n) is 5.02. The minimum Gasteiger partial charge on any atom is -0.385 e. The first-order valence-corrected chi connectivity index (χ1v) is 7.92. The summed E-state index contributed by atoms with van der Waals surface area (Å²) in [6.07, 6.45) is 7.69. The molecule has 1 amide bonds. The van der Waals surface area contributed by atoms with Crippen LogP contribution in [-0.2, 0) is 11.2 Å². The molecule has 116 valence electrons. The summed E-state index contributed by atoms with van der Waals surface area (Å²) in [5.41, 5.74) is 3.39. The Kier molecular flexibility index (Phi) is 5.15. The van der Waals surface area contributed by atoms with Crippen LogP contribution >= 0.6 is 12.4 Å². The molecule has 2 aliphatic rings. The molecule has 3 nitrogen and oxygen atoms in total. The van der Waals surface area contributed by atoms with Gasteiger partial charge in [-0.2, -0.15) is 0 Å². The van der Waals surface area contributed by atoms with Gasteiger partial charge in [0, 0.05) is 23.3 Å². The molecule has 1 saturated carbocycles. The van der Waals surface area contributed by atoms with Crippen molar-refractivity contribution in [3.05, 3.63) is 23.8 Å². The van der Waals surface area contributed by atoms with Crippen LogP contribution in [0.1, 0.15) is 51.0 Å². The van der Waals surface area contributed by atoms with Crippen molar-refractivity contribution < 1.29 is 4.79 Å². The first-order chi connectivity index (χ1) is 9.73. The number of amides is 1. The maximum absolute atomic E-state index is 12.6. The fourth-order valence-corrected chi connectivity index (χ4v) is 3.61. The standard InChI is InChI=1S/C17H24N2O.ClH/c1-2-17(9-3-4-10-17)16(20)19-14-7-8-15-13(12-14)6-5-11-18-15;/h7-8,12,18H,2-6,9-11H2,1H3,(H,19,20);1H. The van der Waals surface area contributed by atoms with Gasteiger partial charge in [0.15, 0.2) is 0 Å². The lowest BCUT2D eigenvalue weighted by atomic mass is 9.82. The third kappa shape index (κ3) is 3.18. The van der Waals surface area contributed by atoms with Crippen LogP contribution in [0.2, 0.25) is 0 Å². The predicted molar refractivity (Wildman–Crippen MR) is 90.3 cm³/mol. The number of rotatable bonds is 3. The SMILES string of the molecule is CCC1(C(=O)Nc2ccc3c(c2)CCCN3)CCCC1.Cl. The van der Waals surface area contributed by atoms with E-state index in [1.165, 1.54) is 30.5 Å². The maximum atomic E-state index is 12.6. The molecule has 0 unspecified atom stereocenters. The molecule has 1 fully saturated rings. The second-order valence-corrected chi connectivity index (χ2v) is 6.20. The molecular weight excluding hydrogens is 284 g/mol. The molecule has 1 heterocycles. The molecule has 0 spiro atoms. The van der Waals surface area contributed by atoms with Crippen molar-refractivity contribution in [2.24, 2.45) is 5.41 Å². The van der Waals surface area contributed by atoms with E-state index in [-0.39, 0.29) is 23.7 Å². The van der Waals surface area contributed by atoms with Crippen molar-refractivity contribution in [3.63, 3.8) is 0 Å². The monoisotopic (exact) mass is 308 g/mol. The fraction of sp³-hybridized carbons (Fsp3) is 0.588. The normalized spacial score (nSPS) is 19.1. The van der Waals surface area contributed by atoms with E-state index in [2.05, 4.69) is 29.7 Å². The van der Waals surface area contributed by atoms with E-state index in [0.717, 1.165) is 37.9 Å². The van der Waals surface area contributed by atoms with E-state index in [0.29, 0.717) is 0 Å². The topological polar surface area (TPSA) is 41.1 Å². The summed E-state index contributed by atoms with van der Waals surface area (Å²) in [6.45, 7) is 3.19. The molecule has 0 aromatic heterocycles. The van der Waals surface area contributed by atoms with Gasteiger partial charge in [0.1, 0.15) is 0 Å². The van der Waals surface area contributed by atoms with Gasteiger partial charge in [0.05, 0.1) is 0 Å². The first-order valence-electron chi connectivity index (χ1n) is 7.92.